The van der Waals surface area contributed by atoms with Crippen LogP contribution in [0.2, 0.25) is 0 Å². The number of hydrogen-bond donors (Lipinski definition) is 3. The Kier molecular flexibility index (Phi) is 3.78. The van der Waals surface area contributed by atoms with Crippen molar-refractivity contribution in [1.82, 2.24) is 5.32 Å². The van der Waals surface area contributed by atoms with Crippen LogP contribution in [0.4, 0.5) is 5.69 Å². The molecule has 0 unspecified atom stereocenters. The van der Waals surface area contributed by atoms with E-state index >= 15 is 0 Å². The average molecular weight is 318 g/mol. The summed E-state index contributed by atoms with van der Waals surface area (Å²) in [4.78, 5) is 12.1. The van der Waals surface area contributed by atoms with Gasteiger partial charge in [0, 0.05) is 11.6 Å². The van der Waals surface area contributed by atoms with Crippen molar-refractivity contribution in [2.75, 3.05) is 5.48 Å². The number of thiocarbonyl (C=S) groups is 1. The SMILES string of the molecule is O=C1NC(=S)S/C1=C/c1ccc(-c2ccc(NO)cc2)o1. The van der Waals surface area contributed by atoms with Gasteiger partial charge >= 0.3 is 0 Å². The maximum Gasteiger partial charge on any atom is 0.263 e. The molecule has 2 aromatic rings. The van der Waals surface area contributed by atoms with Crippen molar-refractivity contribution < 1.29 is 14.4 Å². The highest BCUT2D eigenvalue weighted by atomic mass is 32.2. The molecular weight excluding hydrogens is 308 g/mol. The summed E-state index contributed by atoms with van der Waals surface area (Å²) in [5.74, 6) is 1.05. The van der Waals surface area contributed by atoms with Crippen LogP contribution in [0.3, 0.4) is 0 Å². The molecule has 106 valence electrons. The van der Waals surface area contributed by atoms with E-state index < -0.39 is 0 Å². The van der Waals surface area contributed by atoms with E-state index in [4.69, 9.17) is 21.8 Å². The van der Waals surface area contributed by atoms with Crippen molar-refractivity contribution in [3.05, 3.63) is 47.1 Å². The van der Waals surface area contributed by atoms with Crippen LogP contribution in [-0.4, -0.2) is 15.4 Å². The lowest BCUT2D eigenvalue weighted by Crippen LogP contribution is -2.17. The fourth-order valence-electron chi connectivity index (χ4n) is 1.84. The number of amides is 1. The third-order valence-electron chi connectivity index (χ3n) is 2.84. The molecule has 1 fully saturated rings. The zero-order valence-corrected chi connectivity index (χ0v) is 12.3. The zero-order chi connectivity index (χ0) is 14.8. The summed E-state index contributed by atoms with van der Waals surface area (Å²) in [6.07, 6.45) is 1.66. The van der Waals surface area contributed by atoms with Gasteiger partial charge in [-0.25, -0.2) is 0 Å². The standard InChI is InChI=1S/C14H10N2O3S2/c17-13-12(21-14(20)15-13)7-10-5-6-11(19-10)8-1-3-9(16-18)4-2-8/h1-7,16,18H,(H,15,17,20)/b12-7+. The highest BCUT2D eigenvalue weighted by Crippen LogP contribution is 2.29. The lowest BCUT2D eigenvalue weighted by atomic mass is 10.1. The summed E-state index contributed by atoms with van der Waals surface area (Å²) in [6.45, 7) is 0. The summed E-state index contributed by atoms with van der Waals surface area (Å²) in [5, 5.41) is 11.3. The van der Waals surface area contributed by atoms with Gasteiger partial charge in [0.1, 0.15) is 15.8 Å². The van der Waals surface area contributed by atoms with Gasteiger partial charge in [0.15, 0.2) is 0 Å². The van der Waals surface area contributed by atoms with E-state index in [1.54, 1.807) is 24.3 Å². The van der Waals surface area contributed by atoms with Crippen molar-refractivity contribution in [1.29, 1.82) is 0 Å². The maximum absolute atomic E-state index is 11.6. The minimum atomic E-state index is -0.207. The average Bonchev–Trinajstić information content (AvgIpc) is 3.07. The van der Waals surface area contributed by atoms with Gasteiger partial charge in [0.05, 0.1) is 10.6 Å². The quantitative estimate of drug-likeness (QED) is 0.458. The van der Waals surface area contributed by atoms with Gasteiger partial charge in [0.25, 0.3) is 5.91 Å². The smallest absolute Gasteiger partial charge is 0.263 e. The fourth-order valence-corrected chi connectivity index (χ4v) is 2.87. The van der Waals surface area contributed by atoms with Gasteiger partial charge in [0.2, 0.25) is 0 Å². The second-order valence-electron chi connectivity index (χ2n) is 4.24. The molecular formula is C14H10N2O3S2. The molecule has 2 heterocycles. The fraction of sp³-hybridized carbons (Fsp3) is 0. The van der Waals surface area contributed by atoms with Crippen molar-refractivity contribution in [3.63, 3.8) is 0 Å². The molecule has 0 atom stereocenters. The van der Waals surface area contributed by atoms with E-state index in [0.717, 1.165) is 5.56 Å². The molecule has 1 amide bonds. The largest absolute Gasteiger partial charge is 0.457 e. The molecule has 3 N–H and O–H groups in total. The lowest BCUT2D eigenvalue weighted by Gasteiger charge is -2.00. The number of anilines is 1. The normalized spacial score (nSPS) is 16.3. The number of furan rings is 1. The molecule has 0 saturated carbocycles. The van der Waals surface area contributed by atoms with E-state index in [0.29, 0.717) is 26.4 Å². The summed E-state index contributed by atoms with van der Waals surface area (Å²) < 4.78 is 6.14. The van der Waals surface area contributed by atoms with E-state index in [2.05, 4.69) is 10.8 Å². The molecule has 1 aromatic heterocycles. The maximum atomic E-state index is 11.6. The molecule has 1 aliphatic rings. The van der Waals surface area contributed by atoms with Crippen LogP contribution < -0.4 is 10.8 Å². The van der Waals surface area contributed by atoms with E-state index in [1.165, 1.54) is 11.8 Å². The summed E-state index contributed by atoms with van der Waals surface area (Å²) >= 11 is 6.14. The highest BCUT2D eigenvalue weighted by Gasteiger charge is 2.22. The second-order valence-corrected chi connectivity index (χ2v) is 5.96. The molecule has 21 heavy (non-hydrogen) atoms. The Morgan fingerprint density at radius 3 is 2.62 bits per heavy atom. The molecule has 1 aliphatic heterocycles. The van der Waals surface area contributed by atoms with Crippen LogP contribution in [0.15, 0.2) is 45.7 Å². The molecule has 1 saturated heterocycles. The second kappa shape index (κ2) is 5.72. The molecule has 1 aromatic carbocycles. The monoisotopic (exact) mass is 318 g/mol. The number of carbonyl (C=O) groups excluding carboxylic acids is 1. The molecule has 3 rings (SSSR count). The van der Waals surface area contributed by atoms with Crippen LogP contribution in [0.1, 0.15) is 5.76 Å². The summed E-state index contributed by atoms with van der Waals surface area (Å²) in [5.41, 5.74) is 3.54. The van der Waals surface area contributed by atoms with Crippen LogP contribution in [-0.2, 0) is 4.79 Å². The van der Waals surface area contributed by atoms with Gasteiger partial charge < -0.3 is 9.73 Å². The first-order chi connectivity index (χ1) is 10.2. The van der Waals surface area contributed by atoms with E-state index in [9.17, 15) is 4.79 Å². The molecule has 0 aliphatic carbocycles. The van der Waals surface area contributed by atoms with E-state index in [1.807, 2.05) is 18.2 Å². The van der Waals surface area contributed by atoms with Gasteiger partial charge in [-0.1, -0.05) is 24.0 Å². The van der Waals surface area contributed by atoms with Crippen LogP contribution >= 0.6 is 24.0 Å². The third-order valence-corrected chi connectivity index (χ3v) is 4.00. The first kappa shape index (κ1) is 13.9. The Bertz CT molecular complexity index is 735. The Morgan fingerprint density at radius 2 is 2.00 bits per heavy atom. The first-order valence-electron chi connectivity index (χ1n) is 6.01. The van der Waals surface area contributed by atoms with Crippen LogP contribution in [0, 0.1) is 0 Å². The van der Waals surface area contributed by atoms with Crippen LogP contribution in [0.25, 0.3) is 17.4 Å². The predicted octanol–water partition coefficient (Wildman–Crippen LogP) is 3.24. The van der Waals surface area contributed by atoms with Crippen molar-refractivity contribution in [3.8, 4) is 11.3 Å². The van der Waals surface area contributed by atoms with E-state index in [-0.39, 0.29) is 5.91 Å². The van der Waals surface area contributed by atoms with Crippen molar-refractivity contribution >= 4 is 46.0 Å². The molecule has 0 bridgehead atoms. The summed E-state index contributed by atoms with van der Waals surface area (Å²) in [7, 11) is 0. The Labute approximate surface area is 130 Å². The summed E-state index contributed by atoms with van der Waals surface area (Å²) in [6, 6.07) is 10.7. The molecule has 0 spiro atoms. The van der Waals surface area contributed by atoms with Gasteiger partial charge in [-0.05, 0) is 36.4 Å². The van der Waals surface area contributed by atoms with Gasteiger partial charge in [-0.15, -0.1) is 0 Å². The molecule has 5 nitrogen and oxygen atoms in total. The third kappa shape index (κ3) is 2.99. The number of carbonyl (C=O) groups is 1. The Hall–Kier alpha value is -2.09. The number of thioether (sulfide) groups is 1. The van der Waals surface area contributed by atoms with Crippen molar-refractivity contribution in [2.24, 2.45) is 0 Å². The predicted molar refractivity (Wildman–Crippen MR) is 85.9 cm³/mol. The number of nitrogens with one attached hydrogen (secondary N) is 2. The number of hydrogen-bond acceptors (Lipinski definition) is 6. The Balaban J connectivity index is 1.84. The topological polar surface area (TPSA) is 74.5 Å². The molecule has 7 heteroatoms. The van der Waals surface area contributed by atoms with Gasteiger partial charge in [-0.3, -0.25) is 15.5 Å². The minimum Gasteiger partial charge on any atom is -0.457 e. The molecule has 0 radical (unpaired) electrons. The first-order valence-corrected chi connectivity index (χ1v) is 7.23. The number of benzene rings is 1. The van der Waals surface area contributed by atoms with Crippen LogP contribution in [0.5, 0.6) is 0 Å². The Morgan fingerprint density at radius 1 is 1.24 bits per heavy atom. The van der Waals surface area contributed by atoms with Crippen molar-refractivity contribution in [2.45, 2.75) is 0 Å². The zero-order valence-electron chi connectivity index (χ0n) is 10.6. The number of rotatable bonds is 3. The lowest BCUT2D eigenvalue weighted by molar-refractivity contribution is -0.115. The van der Waals surface area contributed by atoms with Gasteiger partial charge in [-0.2, -0.15) is 0 Å². The minimum absolute atomic E-state index is 0.207. The highest BCUT2D eigenvalue weighted by molar-refractivity contribution is 8.26.